The second kappa shape index (κ2) is 7.56. The normalized spacial score (nSPS) is 16.5. The van der Waals surface area contributed by atoms with Crippen LogP contribution in [0.2, 0.25) is 0 Å². The minimum atomic E-state index is -3.31. The molecule has 0 saturated carbocycles. The summed E-state index contributed by atoms with van der Waals surface area (Å²) < 4.78 is 51.7. The molecule has 0 aliphatic rings. The third kappa shape index (κ3) is 6.69. The Hall–Kier alpha value is -0.180. The average molecular weight is 314 g/mol. The molecule has 0 aromatic heterocycles. The van der Waals surface area contributed by atoms with Crippen molar-refractivity contribution < 1.29 is 16.8 Å². The van der Waals surface area contributed by atoms with Gasteiger partial charge < -0.3 is 0 Å². The third-order valence-electron chi connectivity index (χ3n) is 2.87. The van der Waals surface area contributed by atoms with Crippen LogP contribution in [0, 0.1) is 0 Å². The summed E-state index contributed by atoms with van der Waals surface area (Å²) in [5, 5.41) is -1.02. The zero-order valence-electron chi connectivity index (χ0n) is 12.3. The van der Waals surface area contributed by atoms with Crippen LogP contribution in [0.1, 0.15) is 47.5 Å². The maximum absolute atomic E-state index is 11.7. The fraction of sp³-hybridized carbons (Fsp3) is 1.00. The van der Waals surface area contributed by atoms with Crippen molar-refractivity contribution in [3.63, 3.8) is 0 Å². The highest BCUT2D eigenvalue weighted by Gasteiger charge is 2.22. The van der Waals surface area contributed by atoms with E-state index in [1.54, 1.807) is 34.6 Å². The summed E-state index contributed by atoms with van der Waals surface area (Å²) in [4.78, 5) is 0. The van der Waals surface area contributed by atoms with Gasteiger partial charge in [0.25, 0.3) is 0 Å². The zero-order valence-corrected chi connectivity index (χ0v) is 13.9. The Kier molecular flexibility index (Phi) is 7.49. The molecule has 0 aliphatic carbocycles. The van der Waals surface area contributed by atoms with Crippen LogP contribution in [0.25, 0.3) is 0 Å². The summed E-state index contributed by atoms with van der Waals surface area (Å²) in [5.41, 5.74) is 0. The molecule has 6 nitrogen and oxygen atoms in total. The van der Waals surface area contributed by atoms with Crippen molar-refractivity contribution in [2.24, 2.45) is 0 Å². The van der Waals surface area contributed by atoms with Crippen molar-refractivity contribution in [1.29, 1.82) is 0 Å². The monoisotopic (exact) mass is 314 g/mol. The first-order valence-electron chi connectivity index (χ1n) is 6.52. The number of hydrogen-bond donors (Lipinski definition) is 2. The van der Waals surface area contributed by atoms with E-state index in [0.717, 1.165) is 0 Å². The van der Waals surface area contributed by atoms with Crippen LogP contribution in [0.3, 0.4) is 0 Å². The topological polar surface area (TPSA) is 92.3 Å². The Morgan fingerprint density at radius 2 is 1.42 bits per heavy atom. The molecule has 0 aromatic carbocycles. The highest BCUT2D eigenvalue weighted by molar-refractivity contribution is 7.90. The van der Waals surface area contributed by atoms with Crippen molar-refractivity contribution in [2.75, 3.05) is 6.54 Å². The Bertz CT molecular complexity index is 457. The Labute approximate surface area is 117 Å². The fourth-order valence-corrected chi connectivity index (χ4v) is 3.54. The molecular formula is C11H26N2O4S2. The van der Waals surface area contributed by atoms with E-state index in [2.05, 4.69) is 9.44 Å². The van der Waals surface area contributed by atoms with Gasteiger partial charge in [-0.2, -0.15) is 0 Å². The Balaban J connectivity index is 4.36. The zero-order chi connectivity index (χ0) is 15.3. The van der Waals surface area contributed by atoms with Gasteiger partial charge in [0.15, 0.2) is 0 Å². The van der Waals surface area contributed by atoms with Gasteiger partial charge in [0.2, 0.25) is 20.0 Å². The van der Waals surface area contributed by atoms with E-state index in [1.807, 2.05) is 0 Å². The van der Waals surface area contributed by atoms with E-state index in [-0.39, 0.29) is 6.04 Å². The van der Waals surface area contributed by atoms with Crippen LogP contribution in [0.5, 0.6) is 0 Å². The predicted octanol–water partition coefficient (Wildman–Crippen LogP) is 0.811. The van der Waals surface area contributed by atoms with Gasteiger partial charge >= 0.3 is 0 Å². The van der Waals surface area contributed by atoms with Gasteiger partial charge in [-0.1, -0.05) is 6.92 Å². The fourth-order valence-electron chi connectivity index (χ4n) is 1.46. The molecule has 0 rings (SSSR count). The average Bonchev–Trinajstić information content (AvgIpc) is 2.24. The van der Waals surface area contributed by atoms with Crippen LogP contribution in [0.4, 0.5) is 0 Å². The minimum absolute atomic E-state index is 0.272. The van der Waals surface area contributed by atoms with Crippen molar-refractivity contribution in [3.8, 4) is 0 Å². The molecule has 0 bridgehead atoms. The summed E-state index contributed by atoms with van der Waals surface area (Å²) in [6.45, 7) is 8.67. The molecule has 8 heteroatoms. The quantitative estimate of drug-likeness (QED) is 0.659. The summed E-state index contributed by atoms with van der Waals surface area (Å²) in [5.74, 6) is 0. The first-order valence-corrected chi connectivity index (χ1v) is 9.61. The maximum atomic E-state index is 11.7. The highest BCUT2D eigenvalue weighted by Crippen LogP contribution is 2.10. The van der Waals surface area contributed by atoms with Gasteiger partial charge in [0.05, 0.1) is 10.5 Å². The van der Waals surface area contributed by atoms with Crippen LogP contribution in [-0.2, 0) is 20.0 Å². The van der Waals surface area contributed by atoms with Gasteiger partial charge in [0.1, 0.15) is 0 Å². The number of nitrogens with one attached hydrogen (secondary N) is 2. The van der Waals surface area contributed by atoms with Gasteiger partial charge in [-0.25, -0.2) is 26.3 Å². The number of rotatable bonds is 9. The third-order valence-corrected chi connectivity index (χ3v) is 6.83. The van der Waals surface area contributed by atoms with Crippen LogP contribution in [0.15, 0.2) is 0 Å². The largest absolute Gasteiger partial charge is 0.215 e. The maximum Gasteiger partial charge on any atom is 0.214 e. The summed E-state index contributed by atoms with van der Waals surface area (Å²) in [6.07, 6.45) is 0.898. The highest BCUT2D eigenvalue weighted by atomic mass is 32.2. The van der Waals surface area contributed by atoms with Gasteiger partial charge in [-0.3, -0.25) is 0 Å². The molecule has 0 amide bonds. The summed E-state index contributed by atoms with van der Waals surface area (Å²) in [6, 6.07) is -0.272. The molecule has 0 aromatic rings. The van der Waals surface area contributed by atoms with E-state index in [9.17, 15) is 16.8 Å². The second-order valence-electron chi connectivity index (χ2n) is 5.04. The van der Waals surface area contributed by atoms with Crippen LogP contribution in [-0.4, -0.2) is 39.9 Å². The standard InChI is InChI=1S/C11H26N2O4S2/c1-6-12-19(16,17)11(5)8-7-10(4)13-18(14,15)9(2)3/h9-13H,6-8H2,1-5H3. The molecule has 0 heterocycles. The Morgan fingerprint density at radius 3 is 1.84 bits per heavy atom. The second-order valence-corrected chi connectivity index (χ2v) is 9.50. The SMILES string of the molecule is CCNS(=O)(=O)C(C)CCC(C)NS(=O)(=O)C(C)C. The van der Waals surface area contributed by atoms with Crippen molar-refractivity contribution in [1.82, 2.24) is 9.44 Å². The molecule has 2 unspecified atom stereocenters. The molecule has 2 N–H and O–H groups in total. The first kappa shape index (κ1) is 18.8. The van der Waals surface area contributed by atoms with E-state index >= 15 is 0 Å². The van der Waals surface area contributed by atoms with E-state index in [0.29, 0.717) is 19.4 Å². The molecular weight excluding hydrogens is 288 g/mol. The molecule has 0 spiro atoms. The lowest BCUT2D eigenvalue weighted by Crippen LogP contribution is -2.38. The number of sulfonamides is 2. The van der Waals surface area contributed by atoms with Crippen molar-refractivity contribution >= 4 is 20.0 Å². The van der Waals surface area contributed by atoms with Crippen molar-refractivity contribution in [3.05, 3.63) is 0 Å². The molecule has 0 saturated heterocycles. The van der Waals surface area contributed by atoms with E-state index < -0.39 is 30.5 Å². The first-order chi connectivity index (χ1) is 8.53. The predicted molar refractivity (Wildman–Crippen MR) is 77.9 cm³/mol. The summed E-state index contributed by atoms with van der Waals surface area (Å²) in [7, 11) is -6.60. The lowest BCUT2D eigenvalue weighted by molar-refractivity contribution is 0.519. The van der Waals surface area contributed by atoms with E-state index in [1.165, 1.54) is 0 Å². The Morgan fingerprint density at radius 1 is 0.895 bits per heavy atom. The van der Waals surface area contributed by atoms with Gasteiger partial charge in [0, 0.05) is 12.6 Å². The van der Waals surface area contributed by atoms with Crippen LogP contribution < -0.4 is 9.44 Å². The smallest absolute Gasteiger partial charge is 0.214 e. The lowest BCUT2D eigenvalue weighted by atomic mass is 10.1. The molecule has 2 atom stereocenters. The molecule has 0 aliphatic heterocycles. The summed E-state index contributed by atoms with van der Waals surface area (Å²) >= 11 is 0. The molecule has 0 radical (unpaired) electrons. The van der Waals surface area contributed by atoms with Crippen molar-refractivity contribution in [2.45, 2.75) is 64.0 Å². The van der Waals surface area contributed by atoms with E-state index in [4.69, 9.17) is 0 Å². The lowest BCUT2D eigenvalue weighted by Gasteiger charge is -2.18. The molecule has 19 heavy (non-hydrogen) atoms. The minimum Gasteiger partial charge on any atom is -0.215 e. The van der Waals surface area contributed by atoms with Gasteiger partial charge in [-0.05, 0) is 40.5 Å². The molecule has 116 valence electrons. The van der Waals surface area contributed by atoms with Gasteiger partial charge in [-0.15, -0.1) is 0 Å². The molecule has 0 fully saturated rings. The number of hydrogen-bond acceptors (Lipinski definition) is 4. The van der Waals surface area contributed by atoms with Crippen LogP contribution >= 0.6 is 0 Å².